The third-order valence-corrected chi connectivity index (χ3v) is 6.23. The number of allylic oxidation sites excluding steroid dienone is 4. The van der Waals surface area contributed by atoms with E-state index >= 15 is 0 Å². The Hall–Kier alpha value is -0.220. The highest BCUT2D eigenvalue weighted by atomic mass is 31.2. The summed E-state index contributed by atoms with van der Waals surface area (Å²) in [5.74, 6) is -1.02. The summed E-state index contributed by atoms with van der Waals surface area (Å²) in [6.45, 7) is 3.51. The van der Waals surface area contributed by atoms with Crippen LogP contribution in [0.15, 0.2) is 21.8 Å². The van der Waals surface area contributed by atoms with Gasteiger partial charge in [0.1, 0.15) is 0 Å². The van der Waals surface area contributed by atoms with Crippen molar-refractivity contribution in [1.29, 1.82) is 0 Å². The van der Waals surface area contributed by atoms with Crippen molar-refractivity contribution in [2.75, 3.05) is 0 Å². The molecule has 0 saturated heterocycles. The van der Waals surface area contributed by atoms with Crippen molar-refractivity contribution in [3.63, 3.8) is 0 Å². The van der Waals surface area contributed by atoms with E-state index < -0.39 is 27.0 Å². The molecule has 0 aromatic heterocycles. The molecule has 2 aliphatic rings. The SMILES string of the molecule is CC1=C(C)C2CC1C(P(=O)(O)O)=C2P(=O)(O)O. The van der Waals surface area contributed by atoms with Crippen LogP contribution >= 0.6 is 15.2 Å². The molecule has 2 rings (SSSR count). The van der Waals surface area contributed by atoms with Crippen LogP contribution in [-0.4, -0.2) is 19.6 Å². The van der Waals surface area contributed by atoms with Crippen molar-refractivity contribution in [3.8, 4) is 0 Å². The Kier molecular flexibility index (Phi) is 2.83. The van der Waals surface area contributed by atoms with Gasteiger partial charge >= 0.3 is 15.2 Å². The number of rotatable bonds is 2. The highest BCUT2D eigenvalue weighted by molar-refractivity contribution is 7.61. The summed E-state index contributed by atoms with van der Waals surface area (Å²) in [5, 5.41) is -0.696. The molecule has 2 atom stereocenters. The Labute approximate surface area is 98.4 Å². The molecule has 0 fully saturated rings. The molecule has 0 aliphatic heterocycles. The molecule has 0 saturated carbocycles. The van der Waals surface area contributed by atoms with E-state index in [-0.39, 0.29) is 10.6 Å². The predicted octanol–water partition coefficient (Wildman–Crippen LogP) is 1.54. The van der Waals surface area contributed by atoms with Gasteiger partial charge in [-0.2, -0.15) is 0 Å². The van der Waals surface area contributed by atoms with Gasteiger partial charge in [0, 0.05) is 11.8 Å². The van der Waals surface area contributed by atoms with Crippen LogP contribution in [0.5, 0.6) is 0 Å². The van der Waals surface area contributed by atoms with E-state index in [1.54, 1.807) is 13.8 Å². The highest BCUT2D eigenvalue weighted by Crippen LogP contribution is 2.71. The van der Waals surface area contributed by atoms with Crippen molar-refractivity contribution >= 4 is 15.2 Å². The molecule has 17 heavy (non-hydrogen) atoms. The molecule has 0 spiro atoms. The topological polar surface area (TPSA) is 115 Å². The summed E-state index contributed by atoms with van der Waals surface area (Å²) in [6, 6.07) is 0. The zero-order chi connectivity index (χ0) is 13.2. The van der Waals surface area contributed by atoms with Crippen molar-refractivity contribution in [3.05, 3.63) is 21.8 Å². The minimum absolute atomic E-state index is 0.348. The lowest BCUT2D eigenvalue weighted by Gasteiger charge is -2.23. The summed E-state index contributed by atoms with van der Waals surface area (Å²) >= 11 is 0. The third-order valence-electron chi connectivity index (χ3n) is 3.69. The molecule has 0 radical (unpaired) electrons. The van der Waals surface area contributed by atoms with Crippen molar-refractivity contribution in [1.82, 2.24) is 0 Å². The molecule has 2 bridgehead atoms. The quantitative estimate of drug-likeness (QED) is 0.450. The Bertz CT molecular complexity index is 488. The first-order valence-corrected chi connectivity index (χ1v) is 8.31. The molecule has 2 unspecified atom stereocenters. The number of fused-ring (bicyclic) bond motifs is 2. The summed E-state index contributed by atoms with van der Waals surface area (Å²) in [4.78, 5) is 37.1. The second kappa shape index (κ2) is 3.64. The van der Waals surface area contributed by atoms with E-state index in [2.05, 4.69) is 0 Å². The lowest BCUT2D eigenvalue weighted by Crippen LogP contribution is -2.07. The van der Waals surface area contributed by atoms with Crippen LogP contribution in [0.1, 0.15) is 20.3 Å². The van der Waals surface area contributed by atoms with Crippen LogP contribution in [0.2, 0.25) is 0 Å². The standard InChI is InChI=1S/C9H14O6P2/c1-4-5(2)7-3-6(4)8(16(10,11)12)9(7)17(13,14)15/h6-7H,3H2,1-2H3,(H2,10,11,12)(H2,13,14,15). The molecule has 0 amide bonds. The fraction of sp³-hybridized carbons (Fsp3) is 0.556. The Balaban J connectivity index is 2.67. The van der Waals surface area contributed by atoms with Crippen molar-refractivity contribution in [2.24, 2.45) is 11.8 Å². The van der Waals surface area contributed by atoms with Crippen LogP contribution in [0.25, 0.3) is 0 Å². The zero-order valence-electron chi connectivity index (χ0n) is 9.36. The fourth-order valence-corrected chi connectivity index (χ4v) is 5.93. The van der Waals surface area contributed by atoms with E-state index in [9.17, 15) is 28.7 Å². The average Bonchev–Trinajstić information content (AvgIpc) is 2.62. The smallest absolute Gasteiger partial charge is 0.321 e. The van der Waals surface area contributed by atoms with Crippen LogP contribution in [0.3, 0.4) is 0 Å². The first-order chi connectivity index (χ1) is 7.55. The normalized spacial score (nSPS) is 29.5. The van der Waals surface area contributed by atoms with Crippen molar-refractivity contribution in [2.45, 2.75) is 20.3 Å². The minimum Gasteiger partial charge on any atom is -0.321 e. The van der Waals surface area contributed by atoms with E-state index in [4.69, 9.17) is 0 Å². The monoisotopic (exact) mass is 280 g/mol. The summed E-state index contributed by atoms with van der Waals surface area (Å²) < 4.78 is 22.8. The molecule has 96 valence electrons. The van der Waals surface area contributed by atoms with E-state index in [0.29, 0.717) is 6.42 Å². The Morgan fingerprint density at radius 2 is 1.18 bits per heavy atom. The van der Waals surface area contributed by atoms with Gasteiger partial charge in [-0.3, -0.25) is 9.13 Å². The molecule has 4 N–H and O–H groups in total. The number of hydrogen-bond acceptors (Lipinski definition) is 2. The molecule has 0 aromatic carbocycles. The van der Waals surface area contributed by atoms with Gasteiger partial charge in [-0.1, -0.05) is 11.1 Å². The van der Waals surface area contributed by atoms with Gasteiger partial charge in [0.05, 0.1) is 10.6 Å². The molecular formula is C9H14O6P2. The van der Waals surface area contributed by atoms with Gasteiger partial charge in [0.25, 0.3) is 0 Å². The first kappa shape index (κ1) is 13.2. The summed E-state index contributed by atoms with van der Waals surface area (Å²) in [6.07, 6.45) is 0.374. The average molecular weight is 280 g/mol. The Morgan fingerprint density at radius 1 is 0.882 bits per heavy atom. The predicted molar refractivity (Wildman–Crippen MR) is 61.1 cm³/mol. The van der Waals surface area contributed by atoms with Gasteiger partial charge in [0.15, 0.2) is 0 Å². The van der Waals surface area contributed by atoms with Gasteiger partial charge in [-0.15, -0.1) is 0 Å². The molecule has 8 heteroatoms. The maximum absolute atomic E-state index is 11.4. The molecule has 0 aromatic rings. The zero-order valence-corrected chi connectivity index (χ0v) is 11.2. The van der Waals surface area contributed by atoms with Crippen LogP contribution in [0.4, 0.5) is 0 Å². The van der Waals surface area contributed by atoms with Gasteiger partial charge in [-0.25, -0.2) is 0 Å². The number of hydrogen-bond donors (Lipinski definition) is 4. The highest BCUT2D eigenvalue weighted by Gasteiger charge is 2.52. The lowest BCUT2D eigenvalue weighted by atomic mass is 9.99. The summed E-state index contributed by atoms with van der Waals surface area (Å²) in [5.41, 5.74) is 1.65. The van der Waals surface area contributed by atoms with E-state index in [1.165, 1.54) is 0 Å². The lowest BCUT2D eigenvalue weighted by molar-refractivity contribution is 0.370. The summed E-state index contributed by atoms with van der Waals surface area (Å²) in [7, 11) is -9.24. The van der Waals surface area contributed by atoms with Crippen LogP contribution in [-0.2, 0) is 9.13 Å². The third kappa shape index (κ3) is 1.89. The molecular weight excluding hydrogens is 266 g/mol. The maximum atomic E-state index is 11.4. The second-order valence-corrected chi connectivity index (χ2v) is 7.71. The van der Waals surface area contributed by atoms with Gasteiger partial charge < -0.3 is 19.6 Å². The molecule has 0 heterocycles. The second-order valence-electron chi connectivity index (χ2n) is 4.57. The van der Waals surface area contributed by atoms with Gasteiger partial charge in [0.2, 0.25) is 0 Å². The molecule has 6 nitrogen and oxygen atoms in total. The van der Waals surface area contributed by atoms with Crippen LogP contribution < -0.4 is 0 Å². The maximum Gasteiger partial charge on any atom is 0.353 e. The van der Waals surface area contributed by atoms with E-state index in [1.807, 2.05) is 0 Å². The molecule has 2 aliphatic carbocycles. The first-order valence-electron chi connectivity index (χ1n) is 5.08. The van der Waals surface area contributed by atoms with E-state index in [0.717, 1.165) is 11.1 Å². The largest absolute Gasteiger partial charge is 0.353 e. The minimum atomic E-state index is -4.62. The Morgan fingerprint density at radius 3 is 1.41 bits per heavy atom. The fourth-order valence-electron chi connectivity index (χ4n) is 2.83. The van der Waals surface area contributed by atoms with Gasteiger partial charge in [-0.05, 0) is 20.3 Å². The van der Waals surface area contributed by atoms with Crippen molar-refractivity contribution < 1.29 is 28.7 Å². The van der Waals surface area contributed by atoms with Crippen LogP contribution in [0, 0.1) is 11.8 Å².